The lowest BCUT2D eigenvalue weighted by atomic mass is 10.0. The molecule has 11 heteroatoms. The fraction of sp³-hybridized carbons (Fsp3) is 0.700. The zero-order valence-electron chi connectivity index (χ0n) is 23.7. The molecule has 5 atom stereocenters. The average Bonchev–Trinajstić information content (AvgIpc) is 3.27. The summed E-state index contributed by atoms with van der Waals surface area (Å²) < 4.78 is 33.9. The van der Waals surface area contributed by atoms with Crippen molar-refractivity contribution in [1.82, 2.24) is 15.5 Å². The van der Waals surface area contributed by atoms with Crippen LogP contribution in [0.5, 0.6) is 0 Å². The van der Waals surface area contributed by atoms with Crippen molar-refractivity contribution in [3.8, 4) is 0 Å². The lowest BCUT2D eigenvalue weighted by Crippen LogP contribution is -2.55. The van der Waals surface area contributed by atoms with Gasteiger partial charge in [-0.15, -0.1) is 0 Å². The molecule has 2 saturated carbocycles. The highest BCUT2D eigenvalue weighted by Crippen LogP contribution is 2.71. The first-order chi connectivity index (χ1) is 19.7. The molecule has 2 heterocycles. The van der Waals surface area contributed by atoms with Gasteiger partial charge in [0.2, 0.25) is 19.2 Å². The molecule has 9 nitrogen and oxygen atoms in total. The van der Waals surface area contributed by atoms with Crippen molar-refractivity contribution in [2.75, 3.05) is 6.54 Å². The van der Waals surface area contributed by atoms with E-state index in [1.54, 1.807) is 6.07 Å². The number of amides is 3. The monoisotopic (exact) mass is 591 g/mol. The van der Waals surface area contributed by atoms with Crippen LogP contribution in [0.3, 0.4) is 0 Å². The quantitative estimate of drug-likeness (QED) is 0.404. The van der Waals surface area contributed by atoms with Gasteiger partial charge in [-0.25, -0.2) is 9.18 Å². The van der Waals surface area contributed by atoms with E-state index >= 15 is 0 Å². The minimum Gasteiger partial charge on any atom is -0.446 e. The normalized spacial score (nSPS) is 31.2. The Balaban J connectivity index is 1.34. The van der Waals surface area contributed by atoms with Crippen LogP contribution in [0, 0.1) is 11.7 Å². The second kappa shape index (κ2) is 12.8. The molecular formula is C30H43FN3O6P. The van der Waals surface area contributed by atoms with E-state index < -0.39 is 42.6 Å². The minimum absolute atomic E-state index is 0.126. The Hall–Kier alpha value is -2.45. The SMILES string of the molecule is O=C(N[C@H]1CCCCCCC[C@@H]2C[C@@]2(P(=O)(O)Cc2ccccc2F)NC(=O)[C@@H]2CCCN2C1=O)OC1CCCC1. The molecule has 2 aliphatic heterocycles. The van der Waals surface area contributed by atoms with Gasteiger partial charge in [-0.2, -0.15) is 0 Å². The summed E-state index contributed by atoms with van der Waals surface area (Å²) in [4.78, 5) is 53.1. The molecule has 0 aromatic heterocycles. The maximum Gasteiger partial charge on any atom is 0.408 e. The smallest absolute Gasteiger partial charge is 0.408 e. The van der Waals surface area contributed by atoms with Crippen molar-refractivity contribution in [3.05, 3.63) is 35.6 Å². The maximum absolute atomic E-state index is 14.4. The van der Waals surface area contributed by atoms with Crippen molar-refractivity contribution >= 4 is 25.3 Å². The largest absolute Gasteiger partial charge is 0.446 e. The first-order valence-electron chi connectivity index (χ1n) is 15.4. The first-order valence-corrected chi connectivity index (χ1v) is 17.2. The third-order valence-corrected chi connectivity index (χ3v) is 12.1. The van der Waals surface area contributed by atoms with Gasteiger partial charge in [0.15, 0.2) is 0 Å². The molecule has 0 spiro atoms. The Labute approximate surface area is 241 Å². The molecular weight excluding hydrogens is 548 g/mol. The molecule has 4 aliphatic rings. The zero-order valence-corrected chi connectivity index (χ0v) is 24.6. The van der Waals surface area contributed by atoms with Crippen molar-refractivity contribution in [2.45, 2.75) is 120 Å². The lowest BCUT2D eigenvalue weighted by molar-refractivity contribution is -0.140. The summed E-state index contributed by atoms with van der Waals surface area (Å²) in [6.07, 6.45) is 9.56. The standard InChI is InChI=1S/C30H43FN3O6P/c31-24-15-9-6-11-21(24)20-41(38,39)30-19-22(30)12-4-2-1-3-5-16-25(32-29(37)40-23-13-7-8-14-23)28(36)34-18-10-17-26(34)27(35)33-30/h6,9,11,15,22-23,25-26H,1-5,7-8,10,12-14,16-20H2,(H,32,37)(H,33,35)(H,38,39)/t22-,25+,26+,30+/m1/s1. The van der Waals surface area contributed by atoms with Crippen LogP contribution in [0.25, 0.3) is 0 Å². The predicted molar refractivity (Wildman–Crippen MR) is 152 cm³/mol. The number of halogens is 1. The van der Waals surface area contributed by atoms with Gasteiger partial charge < -0.3 is 25.2 Å². The van der Waals surface area contributed by atoms with E-state index in [2.05, 4.69) is 10.6 Å². The average molecular weight is 592 g/mol. The molecule has 2 aliphatic carbocycles. The topological polar surface area (TPSA) is 125 Å². The number of rotatable bonds is 5. The van der Waals surface area contributed by atoms with Gasteiger partial charge in [-0.05, 0) is 75.3 Å². The Bertz CT molecular complexity index is 1180. The van der Waals surface area contributed by atoms with Crippen LogP contribution < -0.4 is 10.6 Å². The summed E-state index contributed by atoms with van der Waals surface area (Å²) in [5.74, 6) is -1.50. The summed E-state index contributed by atoms with van der Waals surface area (Å²) >= 11 is 0. The number of alkyl carbamates (subject to hydrolysis) is 1. The van der Waals surface area contributed by atoms with Crippen LogP contribution in [0.4, 0.5) is 9.18 Å². The molecule has 1 unspecified atom stereocenters. The fourth-order valence-corrected chi connectivity index (χ4v) is 9.48. The van der Waals surface area contributed by atoms with Gasteiger partial charge in [-0.1, -0.05) is 50.3 Å². The molecule has 3 amide bonds. The van der Waals surface area contributed by atoms with Gasteiger partial charge in [-0.3, -0.25) is 14.2 Å². The molecule has 3 N–H and O–H groups in total. The summed E-state index contributed by atoms with van der Waals surface area (Å²) in [6.45, 7) is 0.370. The van der Waals surface area contributed by atoms with E-state index in [0.717, 1.165) is 57.8 Å². The van der Waals surface area contributed by atoms with E-state index in [9.17, 15) is 28.2 Å². The number of fused-ring (bicyclic) bond motifs is 2. The highest BCUT2D eigenvalue weighted by molar-refractivity contribution is 7.59. The molecule has 0 bridgehead atoms. The zero-order chi connectivity index (χ0) is 29.0. The lowest BCUT2D eigenvalue weighted by Gasteiger charge is -2.32. The molecule has 2 saturated heterocycles. The molecule has 41 heavy (non-hydrogen) atoms. The van der Waals surface area contributed by atoms with E-state index in [0.29, 0.717) is 38.6 Å². The highest BCUT2D eigenvalue weighted by atomic mass is 31.2. The molecule has 0 radical (unpaired) electrons. The van der Waals surface area contributed by atoms with E-state index in [1.165, 1.54) is 23.1 Å². The number of carbonyl (C=O) groups is 3. The van der Waals surface area contributed by atoms with Crippen molar-refractivity contribution in [1.29, 1.82) is 0 Å². The van der Waals surface area contributed by atoms with Crippen LogP contribution in [-0.4, -0.2) is 57.7 Å². The number of benzene rings is 1. The van der Waals surface area contributed by atoms with E-state index in [4.69, 9.17) is 4.74 Å². The number of hydrogen-bond donors (Lipinski definition) is 3. The van der Waals surface area contributed by atoms with Gasteiger partial charge in [0.25, 0.3) is 0 Å². The van der Waals surface area contributed by atoms with Crippen LogP contribution in [0.2, 0.25) is 0 Å². The van der Waals surface area contributed by atoms with Gasteiger partial charge in [0.05, 0.1) is 6.16 Å². The highest BCUT2D eigenvalue weighted by Gasteiger charge is 2.66. The summed E-state index contributed by atoms with van der Waals surface area (Å²) in [5.41, 5.74) is 0.152. The minimum atomic E-state index is -4.07. The molecule has 1 aromatic carbocycles. The van der Waals surface area contributed by atoms with Crippen molar-refractivity contribution < 1.29 is 33.0 Å². The summed E-state index contributed by atoms with van der Waals surface area (Å²) in [5, 5.41) is 4.40. The van der Waals surface area contributed by atoms with E-state index in [1.807, 2.05) is 0 Å². The third-order valence-electron chi connectivity index (χ3n) is 9.43. The Morgan fingerprint density at radius 1 is 1.02 bits per heavy atom. The Morgan fingerprint density at radius 3 is 2.46 bits per heavy atom. The van der Waals surface area contributed by atoms with E-state index in [-0.39, 0.29) is 29.7 Å². The van der Waals surface area contributed by atoms with Crippen molar-refractivity contribution in [2.24, 2.45) is 5.92 Å². The number of carbonyl (C=O) groups excluding carboxylic acids is 3. The first kappa shape index (κ1) is 30.0. The second-order valence-corrected chi connectivity index (χ2v) is 14.8. The second-order valence-electron chi connectivity index (χ2n) is 12.3. The summed E-state index contributed by atoms with van der Waals surface area (Å²) in [6, 6.07) is 4.34. The van der Waals surface area contributed by atoms with Gasteiger partial charge in [0, 0.05) is 6.54 Å². The van der Waals surface area contributed by atoms with Crippen molar-refractivity contribution in [3.63, 3.8) is 0 Å². The van der Waals surface area contributed by atoms with Gasteiger partial charge >= 0.3 is 6.09 Å². The fourth-order valence-electron chi connectivity index (χ4n) is 6.99. The molecule has 5 rings (SSSR count). The number of nitrogens with one attached hydrogen (secondary N) is 2. The number of nitrogens with zero attached hydrogens (tertiary/aromatic N) is 1. The van der Waals surface area contributed by atoms with Crippen LogP contribution in [-0.2, 0) is 25.1 Å². The van der Waals surface area contributed by atoms with Gasteiger partial charge in [0.1, 0.15) is 29.3 Å². The Kier molecular flexibility index (Phi) is 9.39. The molecule has 226 valence electrons. The maximum atomic E-state index is 14.4. The van der Waals surface area contributed by atoms with Crippen LogP contribution in [0.15, 0.2) is 24.3 Å². The molecule has 1 aromatic rings. The number of ether oxygens (including phenoxy) is 1. The molecule has 4 fully saturated rings. The van der Waals surface area contributed by atoms with Crippen LogP contribution >= 0.6 is 7.37 Å². The summed E-state index contributed by atoms with van der Waals surface area (Å²) in [7, 11) is -4.07. The Morgan fingerprint density at radius 2 is 1.71 bits per heavy atom. The number of hydrogen-bond acceptors (Lipinski definition) is 5. The predicted octanol–water partition coefficient (Wildman–Crippen LogP) is 5.20. The third kappa shape index (κ3) is 6.80. The van der Waals surface area contributed by atoms with Crippen LogP contribution in [0.1, 0.15) is 95.5 Å².